The molecule has 0 fully saturated rings. The molecule has 0 unspecified atom stereocenters. The molecule has 0 spiro atoms. The molecule has 0 aromatic heterocycles. The first-order valence-corrected chi connectivity index (χ1v) is 14.1. The molecule has 0 saturated heterocycles. The molecule has 0 bridgehead atoms. The van der Waals surface area contributed by atoms with E-state index in [9.17, 15) is 0 Å². The monoisotopic (exact) mass is 520 g/mol. The van der Waals surface area contributed by atoms with Gasteiger partial charge in [0.2, 0.25) is 0 Å². The Labute approximate surface area is 240 Å². The van der Waals surface area contributed by atoms with E-state index in [2.05, 4.69) is 121 Å². The topological polar surface area (TPSA) is 0 Å². The molecule has 0 N–H and O–H groups in total. The summed E-state index contributed by atoms with van der Waals surface area (Å²) in [4.78, 5) is 0. The van der Waals surface area contributed by atoms with Gasteiger partial charge >= 0.3 is 0 Å². The molecule has 0 aliphatic heterocycles. The minimum Gasteiger partial charge on any atom is -0.0776 e. The molecule has 0 nitrogen and oxygen atoms in total. The summed E-state index contributed by atoms with van der Waals surface area (Å²) in [5.41, 5.74) is 7.73. The smallest absolute Gasteiger partial charge is 0.0713 e. The zero-order valence-corrected chi connectivity index (χ0v) is 24.0. The van der Waals surface area contributed by atoms with Crippen LogP contribution in [-0.4, -0.2) is 0 Å². The zero-order valence-electron chi connectivity index (χ0n) is 24.0. The maximum Gasteiger partial charge on any atom is 0.0713 e. The van der Waals surface area contributed by atoms with Gasteiger partial charge in [-0.15, -0.1) is 0 Å². The molecule has 6 rings (SSSR count). The number of benzene rings is 5. The molecule has 0 heterocycles. The quantitative estimate of drug-likeness (QED) is 0.213. The first-order valence-electron chi connectivity index (χ1n) is 14.1. The average molecular weight is 521 g/mol. The van der Waals surface area contributed by atoms with Crippen molar-refractivity contribution in [3.63, 3.8) is 0 Å². The Kier molecular flexibility index (Phi) is 16.1. The molecule has 1 aliphatic rings. The van der Waals surface area contributed by atoms with Crippen LogP contribution in [-0.2, 0) is 5.41 Å². The number of hydrogen-bond acceptors (Lipinski definition) is 0. The molecule has 0 heteroatoms. The van der Waals surface area contributed by atoms with Gasteiger partial charge < -0.3 is 0 Å². The number of rotatable bonds is 2. The Bertz CT molecular complexity index is 1290. The van der Waals surface area contributed by atoms with Gasteiger partial charge in [0.15, 0.2) is 0 Å². The van der Waals surface area contributed by atoms with Crippen LogP contribution < -0.4 is 0 Å². The van der Waals surface area contributed by atoms with Crippen LogP contribution in [0.5, 0.6) is 0 Å². The zero-order chi connectivity index (χ0) is 27.3. The van der Waals surface area contributed by atoms with Crippen molar-refractivity contribution in [2.45, 2.75) is 75.7 Å². The summed E-state index contributed by atoms with van der Waals surface area (Å²) in [7, 11) is 0. The highest BCUT2D eigenvalue weighted by Gasteiger charge is 2.45. The van der Waals surface area contributed by atoms with Crippen molar-refractivity contribution in [2.24, 2.45) is 0 Å². The fourth-order valence-electron chi connectivity index (χ4n) is 5.13. The summed E-state index contributed by atoms with van der Waals surface area (Å²) in [6.45, 7) is 16.0. The van der Waals surface area contributed by atoms with Crippen LogP contribution in [0.4, 0.5) is 0 Å². The molecule has 0 amide bonds. The lowest BCUT2D eigenvalue weighted by Gasteiger charge is -2.34. The van der Waals surface area contributed by atoms with Gasteiger partial charge in [-0.1, -0.05) is 179 Å². The highest BCUT2D eigenvalue weighted by Crippen LogP contribution is 2.56. The molecule has 1 aliphatic carbocycles. The summed E-state index contributed by atoms with van der Waals surface area (Å²) in [6.07, 6.45) is 0. The van der Waals surface area contributed by atoms with Crippen molar-refractivity contribution in [3.8, 4) is 11.1 Å². The minimum atomic E-state index is -0.307. The summed E-state index contributed by atoms with van der Waals surface area (Å²) >= 11 is 0. The van der Waals surface area contributed by atoms with Gasteiger partial charge in [0.1, 0.15) is 0 Å². The SMILES string of the molecule is C.C.CC.CC.CC.CC.c1ccc(C2(c3ccccc3)c3ccccc3-c3cc4ccccc4cc32)cc1. The van der Waals surface area contributed by atoms with Crippen LogP contribution >= 0.6 is 0 Å². The van der Waals surface area contributed by atoms with Gasteiger partial charge in [-0.25, -0.2) is 0 Å². The van der Waals surface area contributed by atoms with Crippen molar-refractivity contribution in [1.29, 1.82) is 0 Å². The van der Waals surface area contributed by atoms with Gasteiger partial charge in [-0.2, -0.15) is 0 Å². The van der Waals surface area contributed by atoms with Crippen LogP contribution in [0.25, 0.3) is 21.9 Å². The minimum absolute atomic E-state index is 0. The molecule has 5 aromatic carbocycles. The van der Waals surface area contributed by atoms with Gasteiger partial charge in [0.25, 0.3) is 0 Å². The predicted octanol–water partition coefficient (Wildman–Crippen LogP) is 12.6. The first-order chi connectivity index (χ1) is 18.4. The maximum atomic E-state index is 2.41. The summed E-state index contributed by atoms with van der Waals surface area (Å²) in [6, 6.07) is 44.3. The van der Waals surface area contributed by atoms with E-state index in [0.717, 1.165) is 0 Å². The lowest BCUT2D eigenvalue weighted by atomic mass is 9.67. The number of hydrogen-bond donors (Lipinski definition) is 0. The van der Waals surface area contributed by atoms with Crippen molar-refractivity contribution < 1.29 is 0 Å². The summed E-state index contributed by atoms with van der Waals surface area (Å²) in [5.74, 6) is 0. The van der Waals surface area contributed by atoms with E-state index in [1.54, 1.807) is 0 Å². The molecule has 0 saturated carbocycles. The van der Waals surface area contributed by atoms with Gasteiger partial charge in [0, 0.05) is 0 Å². The van der Waals surface area contributed by atoms with Gasteiger partial charge in [-0.3, -0.25) is 0 Å². The fourth-order valence-corrected chi connectivity index (χ4v) is 5.13. The third kappa shape index (κ3) is 6.51. The highest BCUT2D eigenvalue weighted by atomic mass is 14.5. The van der Waals surface area contributed by atoms with Gasteiger partial charge in [-0.05, 0) is 56.3 Å². The van der Waals surface area contributed by atoms with Crippen molar-refractivity contribution in [3.05, 3.63) is 144 Å². The molecular weight excluding hydrogens is 468 g/mol. The van der Waals surface area contributed by atoms with E-state index in [4.69, 9.17) is 0 Å². The first kappa shape index (κ1) is 35.4. The van der Waals surface area contributed by atoms with E-state index in [0.29, 0.717) is 0 Å². The molecule has 0 atom stereocenters. The van der Waals surface area contributed by atoms with Crippen LogP contribution in [0.15, 0.2) is 121 Å². The second-order valence-corrected chi connectivity index (χ2v) is 7.77. The average Bonchev–Trinajstić information content (AvgIpc) is 3.31. The third-order valence-corrected chi connectivity index (χ3v) is 6.32. The Morgan fingerprint density at radius 3 is 1.23 bits per heavy atom. The molecule has 5 aromatic rings. The molecule has 39 heavy (non-hydrogen) atoms. The Morgan fingerprint density at radius 2 is 0.744 bits per heavy atom. The molecule has 0 radical (unpaired) electrons. The van der Waals surface area contributed by atoms with E-state index in [-0.39, 0.29) is 20.3 Å². The van der Waals surface area contributed by atoms with Crippen LogP contribution in [0.2, 0.25) is 0 Å². The lowest BCUT2D eigenvalue weighted by molar-refractivity contribution is 0.769. The summed E-state index contributed by atoms with van der Waals surface area (Å²) in [5, 5.41) is 2.58. The van der Waals surface area contributed by atoms with Crippen LogP contribution in [0, 0.1) is 0 Å². The number of fused-ring (bicyclic) bond motifs is 4. The van der Waals surface area contributed by atoms with E-state index < -0.39 is 0 Å². The fraction of sp³-hybridized carbons (Fsp3) is 0.282. The van der Waals surface area contributed by atoms with E-state index in [1.807, 2.05) is 55.4 Å². The van der Waals surface area contributed by atoms with E-state index >= 15 is 0 Å². The summed E-state index contributed by atoms with van der Waals surface area (Å²) < 4.78 is 0. The second-order valence-electron chi connectivity index (χ2n) is 7.77. The Hall–Kier alpha value is -3.64. The van der Waals surface area contributed by atoms with Crippen LogP contribution in [0.1, 0.15) is 92.5 Å². The molecule has 208 valence electrons. The third-order valence-electron chi connectivity index (χ3n) is 6.32. The lowest BCUT2D eigenvalue weighted by Crippen LogP contribution is -2.28. The molecular formula is C39H52. The Morgan fingerprint density at radius 1 is 0.359 bits per heavy atom. The van der Waals surface area contributed by atoms with Crippen LogP contribution in [0.3, 0.4) is 0 Å². The standard InChI is InChI=1S/C29H20.4C2H6.2CH4/c1-3-13-23(14-4-1)29(24-15-5-2-6-16-24)27-18-10-9-17-25(27)26-19-21-11-7-8-12-22(21)20-28(26)29;4*1-2;;/h1-20H;4*1-2H3;2*1H4. The van der Waals surface area contributed by atoms with Crippen molar-refractivity contribution in [2.75, 3.05) is 0 Å². The Balaban J connectivity index is 0.00000133. The second kappa shape index (κ2) is 17.8. The normalized spacial score (nSPS) is 10.9. The largest absolute Gasteiger partial charge is 0.0776 e. The predicted molar refractivity (Wildman–Crippen MR) is 180 cm³/mol. The van der Waals surface area contributed by atoms with Crippen molar-refractivity contribution >= 4 is 10.8 Å². The van der Waals surface area contributed by atoms with Crippen molar-refractivity contribution in [1.82, 2.24) is 0 Å². The van der Waals surface area contributed by atoms with Gasteiger partial charge in [0.05, 0.1) is 5.41 Å². The highest BCUT2D eigenvalue weighted by molar-refractivity contribution is 5.95. The van der Waals surface area contributed by atoms with E-state index in [1.165, 1.54) is 44.2 Å². The maximum absolute atomic E-state index is 2.41.